The van der Waals surface area contributed by atoms with E-state index in [2.05, 4.69) is 0 Å². The third-order valence-corrected chi connectivity index (χ3v) is 7.59. The fourth-order valence-electron chi connectivity index (χ4n) is 5.67. The lowest BCUT2D eigenvalue weighted by atomic mass is 9.83. The summed E-state index contributed by atoms with van der Waals surface area (Å²) in [5.74, 6) is -0.493. The van der Waals surface area contributed by atoms with Gasteiger partial charge < -0.3 is 30.6 Å². The third kappa shape index (κ3) is 5.81. The maximum Gasteiger partial charge on any atom is 0.123 e. The summed E-state index contributed by atoms with van der Waals surface area (Å²) >= 11 is 0. The number of hydrogen-bond acceptors (Lipinski definition) is 6. The highest BCUT2D eigenvalue weighted by Gasteiger charge is 2.24. The first-order valence-electron chi connectivity index (χ1n) is 13.6. The maximum absolute atomic E-state index is 11.0. The Balaban J connectivity index is 1.80. The van der Waals surface area contributed by atoms with Crippen molar-refractivity contribution in [3.63, 3.8) is 0 Å². The predicted octanol–water partition coefficient (Wildman–Crippen LogP) is 7.27. The van der Waals surface area contributed by atoms with Gasteiger partial charge in [0.15, 0.2) is 0 Å². The Labute approximate surface area is 235 Å². The topological polar surface area (TPSA) is 121 Å². The van der Waals surface area contributed by atoms with Crippen LogP contribution in [0.2, 0.25) is 0 Å². The van der Waals surface area contributed by atoms with Crippen molar-refractivity contribution in [2.24, 2.45) is 0 Å². The Morgan fingerprint density at radius 1 is 0.500 bits per heavy atom. The van der Waals surface area contributed by atoms with Gasteiger partial charge in [-0.2, -0.15) is 0 Å². The van der Waals surface area contributed by atoms with Crippen LogP contribution in [0, 0.1) is 27.7 Å². The SMILES string of the molecule is CCCC(c1cc(Cc2cc(C)cc(C)c2O)c(O)cc1O)c1cc(Cc2cc(C)cc(C)c2O)c(O)cc1O. The highest BCUT2D eigenvalue weighted by Crippen LogP contribution is 2.44. The molecule has 0 saturated heterocycles. The van der Waals surface area contributed by atoms with Gasteiger partial charge in [0.25, 0.3) is 0 Å². The summed E-state index contributed by atoms with van der Waals surface area (Å²) in [6, 6.07) is 13.6. The van der Waals surface area contributed by atoms with Crippen molar-refractivity contribution in [1.29, 1.82) is 0 Å². The van der Waals surface area contributed by atoms with E-state index in [0.717, 1.165) is 28.7 Å². The maximum atomic E-state index is 11.0. The zero-order chi connectivity index (χ0) is 29.3. The standard InChI is InChI=1S/C34H38O6/c1-6-7-26(27-14-22(29(35)16-31(27)37)12-24-10-18(2)8-20(4)33(24)39)28-15-23(30(36)17-32(28)38)13-25-11-19(3)9-21(5)34(25)40/h8-11,14-17,26,35-40H,6-7,12-13H2,1-5H3. The first-order chi connectivity index (χ1) is 18.9. The van der Waals surface area contributed by atoms with Crippen LogP contribution < -0.4 is 0 Å². The molecule has 6 heteroatoms. The van der Waals surface area contributed by atoms with Crippen LogP contribution in [-0.4, -0.2) is 30.6 Å². The van der Waals surface area contributed by atoms with E-state index in [1.54, 1.807) is 12.1 Å². The van der Waals surface area contributed by atoms with Gasteiger partial charge in [0.05, 0.1) is 0 Å². The van der Waals surface area contributed by atoms with Crippen molar-refractivity contribution in [2.75, 3.05) is 0 Å². The highest BCUT2D eigenvalue weighted by molar-refractivity contribution is 5.57. The van der Waals surface area contributed by atoms with E-state index in [0.29, 0.717) is 39.8 Å². The molecule has 0 aliphatic rings. The van der Waals surface area contributed by atoms with E-state index in [1.807, 2.05) is 58.9 Å². The number of benzene rings is 4. The first-order valence-corrected chi connectivity index (χ1v) is 13.6. The van der Waals surface area contributed by atoms with Crippen molar-refractivity contribution >= 4 is 0 Å². The van der Waals surface area contributed by atoms with E-state index in [1.165, 1.54) is 12.1 Å². The van der Waals surface area contributed by atoms with E-state index in [9.17, 15) is 30.6 Å². The lowest BCUT2D eigenvalue weighted by Gasteiger charge is -2.23. The van der Waals surface area contributed by atoms with E-state index < -0.39 is 5.92 Å². The van der Waals surface area contributed by atoms with Crippen molar-refractivity contribution in [1.82, 2.24) is 0 Å². The third-order valence-electron chi connectivity index (χ3n) is 7.59. The molecule has 0 aliphatic heterocycles. The summed E-state index contributed by atoms with van der Waals surface area (Å²) in [7, 11) is 0. The molecule has 0 amide bonds. The fraction of sp³-hybridized carbons (Fsp3) is 0.294. The highest BCUT2D eigenvalue weighted by atomic mass is 16.3. The van der Waals surface area contributed by atoms with E-state index in [-0.39, 0.29) is 47.3 Å². The van der Waals surface area contributed by atoms with Crippen LogP contribution >= 0.6 is 0 Å². The van der Waals surface area contributed by atoms with Crippen LogP contribution in [0.15, 0.2) is 48.5 Å². The van der Waals surface area contributed by atoms with Crippen molar-refractivity contribution in [3.05, 3.63) is 104 Å². The second-order valence-corrected chi connectivity index (χ2v) is 11.0. The lowest BCUT2D eigenvalue weighted by molar-refractivity contribution is 0.430. The number of aromatic hydroxyl groups is 6. The summed E-state index contributed by atoms with van der Waals surface area (Å²) in [5.41, 5.74) is 6.93. The molecule has 0 saturated carbocycles. The van der Waals surface area contributed by atoms with Gasteiger partial charge >= 0.3 is 0 Å². The second-order valence-electron chi connectivity index (χ2n) is 11.0. The molecule has 4 aromatic rings. The van der Waals surface area contributed by atoms with Crippen LogP contribution in [0.25, 0.3) is 0 Å². The molecule has 0 unspecified atom stereocenters. The van der Waals surface area contributed by atoms with Gasteiger partial charge in [-0.05, 0) is 79.6 Å². The zero-order valence-electron chi connectivity index (χ0n) is 23.7. The molecule has 0 atom stereocenters. The number of phenolic OH excluding ortho intramolecular Hbond substituents is 6. The van der Waals surface area contributed by atoms with Gasteiger partial charge in [-0.15, -0.1) is 0 Å². The molecule has 6 N–H and O–H groups in total. The van der Waals surface area contributed by atoms with Gasteiger partial charge in [-0.3, -0.25) is 0 Å². The number of hydrogen-bond donors (Lipinski definition) is 6. The molecule has 0 spiro atoms. The Morgan fingerprint density at radius 3 is 1.27 bits per heavy atom. The largest absolute Gasteiger partial charge is 0.508 e. The minimum Gasteiger partial charge on any atom is -0.508 e. The molecule has 0 heterocycles. The van der Waals surface area contributed by atoms with Crippen LogP contribution in [0.5, 0.6) is 34.5 Å². The molecular weight excluding hydrogens is 504 g/mol. The summed E-state index contributed by atoms with van der Waals surface area (Å²) in [5, 5.41) is 64.6. The monoisotopic (exact) mass is 542 g/mol. The summed E-state index contributed by atoms with van der Waals surface area (Å²) < 4.78 is 0. The van der Waals surface area contributed by atoms with E-state index >= 15 is 0 Å². The van der Waals surface area contributed by atoms with Gasteiger partial charge in [-0.1, -0.05) is 48.7 Å². The molecule has 40 heavy (non-hydrogen) atoms. The molecule has 0 fully saturated rings. The number of rotatable bonds is 8. The molecular formula is C34H38O6. The molecule has 210 valence electrons. The molecule has 0 aliphatic carbocycles. The second kappa shape index (κ2) is 11.4. The van der Waals surface area contributed by atoms with Crippen LogP contribution in [0.1, 0.15) is 81.3 Å². The summed E-state index contributed by atoms with van der Waals surface area (Å²) in [6.45, 7) is 9.55. The van der Waals surface area contributed by atoms with Crippen molar-refractivity contribution in [3.8, 4) is 34.5 Å². The van der Waals surface area contributed by atoms with Gasteiger partial charge in [0.2, 0.25) is 0 Å². The Bertz CT molecular complexity index is 1460. The Hall–Kier alpha value is -4.32. The quantitative estimate of drug-likeness (QED) is 0.139. The molecule has 0 radical (unpaired) electrons. The zero-order valence-corrected chi connectivity index (χ0v) is 23.7. The smallest absolute Gasteiger partial charge is 0.123 e. The molecule has 4 aromatic carbocycles. The lowest BCUT2D eigenvalue weighted by Crippen LogP contribution is -2.05. The minimum absolute atomic E-state index is 0.0871. The summed E-state index contributed by atoms with van der Waals surface area (Å²) in [6.07, 6.45) is 1.83. The summed E-state index contributed by atoms with van der Waals surface area (Å²) in [4.78, 5) is 0. The molecule has 0 bridgehead atoms. The molecule has 0 aromatic heterocycles. The van der Waals surface area contributed by atoms with Crippen molar-refractivity contribution in [2.45, 2.75) is 66.2 Å². The van der Waals surface area contributed by atoms with Gasteiger partial charge in [-0.25, -0.2) is 0 Å². The minimum atomic E-state index is -0.440. The van der Waals surface area contributed by atoms with E-state index in [4.69, 9.17) is 0 Å². The average Bonchev–Trinajstić information content (AvgIpc) is 2.87. The number of phenols is 6. The fourth-order valence-corrected chi connectivity index (χ4v) is 5.67. The van der Waals surface area contributed by atoms with Crippen molar-refractivity contribution < 1.29 is 30.6 Å². The van der Waals surface area contributed by atoms with Gasteiger partial charge in [0, 0.05) is 42.0 Å². The Kier molecular flexibility index (Phi) is 8.19. The predicted molar refractivity (Wildman–Crippen MR) is 157 cm³/mol. The molecule has 6 nitrogen and oxygen atoms in total. The number of aryl methyl sites for hydroxylation is 4. The Morgan fingerprint density at radius 2 is 0.900 bits per heavy atom. The average molecular weight is 543 g/mol. The first kappa shape index (κ1) is 28.7. The normalized spacial score (nSPS) is 11.3. The van der Waals surface area contributed by atoms with Crippen LogP contribution in [0.4, 0.5) is 0 Å². The van der Waals surface area contributed by atoms with Crippen LogP contribution in [-0.2, 0) is 12.8 Å². The van der Waals surface area contributed by atoms with Crippen LogP contribution in [0.3, 0.4) is 0 Å². The molecule has 4 rings (SSSR count). The van der Waals surface area contributed by atoms with Gasteiger partial charge in [0.1, 0.15) is 34.5 Å².